The average Bonchev–Trinajstić information content (AvgIpc) is 1.62. The summed E-state index contributed by atoms with van der Waals surface area (Å²) in [6.45, 7) is 10.6. The molecule has 1 atom stereocenters. The molecule has 2 N–H and O–H groups in total. The molecule has 0 aromatic rings. The van der Waals surface area contributed by atoms with Gasteiger partial charge in [-0.25, -0.2) is 0 Å². The molecule has 0 saturated heterocycles. The molecule has 2 heteroatoms. The van der Waals surface area contributed by atoms with Gasteiger partial charge in [0.05, 0.1) is 8.07 Å². The maximum Gasteiger partial charge on any atom is 0.0632 e. The van der Waals surface area contributed by atoms with Gasteiger partial charge in [-0.2, -0.15) is 0 Å². The number of nitrogens with two attached hydrogens (primary N) is 1. The quantitative estimate of drug-likeness (QED) is 0.562. The van der Waals surface area contributed by atoms with Crippen LogP contribution in [0.3, 0.4) is 0 Å². The highest BCUT2D eigenvalue weighted by atomic mass is 28.3. The summed E-state index contributed by atoms with van der Waals surface area (Å²) in [5.41, 5.74) is 6.13. The van der Waals surface area contributed by atoms with E-state index >= 15 is 0 Å². The zero-order valence-electron chi connectivity index (χ0n) is 6.07. The van der Waals surface area contributed by atoms with Crippen molar-refractivity contribution in [3.05, 3.63) is 6.92 Å². The maximum absolute atomic E-state index is 5.75. The Bertz CT molecular complexity index is 65.4. The van der Waals surface area contributed by atoms with E-state index in [2.05, 4.69) is 26.6 Å². The van der Waals surface area contributed by atoms with Crippen LogP contribution in [0.2, 0.25) is 19.6 Å². The lowest BCUT2D eigenvalue weighted by atomic mass is 10.5. The van der Waals surface area contributed by atoms with Crippen molar-refractivity contribution in [3.63, 3.8) is 0 Å². The fourth-order valence-corrected chi connectivity index (χ4v) is 1.30. The van der Waals surface area contributed by atoms with Crippen LogP contribution in [0.4, 0.5) is 0 Å². The first-order valence-corrected chi connectivity index (χ1v) is 6.61. The molecule has 0 aliphatic carbocycles. The Labute approximate surface area is 53.3 Å². The normalized spacial score (nSPS) is 16.1. The third kappa shape index (κ3) is 2.48. The van der Waals surface area contributed by atoms with Gasteiger partial charge in [0.2, 0.25) is 0 Å². The summed E-state index contributed by atoms with van der Waals surface area (Å²) in [6, 6.07) is 0. The summed E-state index contributed by atoms with van der Waals surface area (Å²) in [5.74, 6) is 0. The molecule has 1 unspecified atom stereocenters. The van der Waals surface area contributed by atoms with Gasteiger partial charge in [-0.1, -0.05) is 26.6 Å². The van der Waals surface area contributed by atoms with E-state index in [0.717, 1.165) is 6.42 Å². The molecule has 1 radical (unpaired) electrons. The highest BCUT2D eigenvalue weighted by molar-refractivity contribution is 6.77. The first-order valence-electron chi connectivity index (χ1n) is 3.03. The molecular formula is C6H16NSi. The van der Waals surface area contributed by atoms with Gasteiger partial charge >= 0.3 is 0 Å². The molecule has 0 aromatic carbocycles. The molecular weight excluding hydrogens is 114 g/mol. The van der Waals surface area contributed by atoms with E-state index in [-0.39, 0.29) is 0 Å². The highest BCUT2D eigenvalue weighted by Crippen LogP contribution is 2.06. The largest absolute Gasteiger partial charge is 0.330 e. The van der Waals surface area contributed by atoms with Gasteiger partial charge in [-0.05, 0) is 12.1 Å². The van der Waals surface area contributed by atoms with Crippen LogP contribution in [0.25, 0.3) is 0 Å². The van der Waals surface area contributed by atoms with Crippen molar-refractivity contribution in [3.8, 4) is 0 Å². The van der Waals surface area contributed by atoms with Crippen LogP contribution in [0.15, 0.2) is 0 Å². The van der Waals surface area contributed by atoms with Crippen molar-refractivity contribution < 1.29 is 0 Å². The summed E-state index contributed by atoms with van der Waals surface area (Å²) in [7, 11) is -1.05. The van der Waals surface area contributed by atoms with Crippen molar-refractivity contribution in [1.29, 1.82) is 0 Å². The van der Waals surface area contributed by atoms with Crippen LogP contribution in [0.1, 0.15) is 6.42 Å². The topological polar surface area (TPSA) is 26.0 Å². The van der Waals surface area contributed by atoms with Gasteiger partial charge in [0, 0.05) is 0 Å². The molecule has 0 spiro atoms. The van der Waals surface area contributed by atoms with E-state index in [1.165, 1.54) is 0 Å². The Morgan fingerprint density at radius 3 is 1.88 bits per heavy atom. The molecule has 49 valence electrons. The van der Waals surface area contributed by atoms with Gasteiger partial charge in [-0.3, -0.25) is 0 Å². The Morgan fingerprint density at radius 1 is 1.50 bits per heavy atom. The fourth-order valence-electron chi connectivity index (χ4n) is 0.433. The molecule has 1 nitrogen and oxygen atoms in total. The van der Waals surface area contributed by atoms with Crippen molar-refractivity contribution in [2.45, 2.75) is 31.7 Å². The van der Waals surface area contributed by atoms with E-state index in [9.17, 15) is 0 Å². The summed E-state index contributed by atoms with van der Waals surface area (Å²) < 4.78 is 0. The second-order valence-corrected chi connectivity index (χ2v) is 8.73. The SMILES string of the molecule is [CH2]CC(N)[Si](C)(C)C. The van der Waals surface area contributed by atoms with E-state index in [4.69, 9.17) is 5.73 Å². The zero-order chi connectivity index (χ0) is 6.78. The van der Waals surface area contributed by atoms with Gasteiger partial charge in [0.25, 0.3) is 0 Å². The third-order valence-electron chi connectivity index (χ3n) is 1.42. The molecule has 0 aromatic heterocycles. The molecule has 0 saturated carbocycles. The molecule has 0 rings (SSSR count). The first-order chi connectivity index (χ1) is 3.48. The van der Waals surface area contributed by atoms with Gasteiger partial charge in [0.15, 0.2) is 0 Å². The van der Waals surface area contributed by atoms with E-state index < -0.39 is 8.07 Å². The minimum absolute atomic E-state index is 0.377. The van der Waals surface area contributed by atoms with Crippen LogP contribution >= 0.6 is 0 Å². The zero-order valence-corrected chi connectivity index (χ0v) is 7.07. The van der Waals surface area contributed by atoms with E-state index in [1.807, 2.05) is 0 Å². The van der Waals surface area contributed by atoms with Crippen molar-refractivity contribution in [2.24, 2.45) is 5.73 Å². The first kappa shape index (κ1) is 8.18. The third-order valence-corrected chi connectivity index (χ3v) is 3.94. The van der Waals surface area contributed by atoms with Crippen LogP contribution < -0.4 is 5.73 Å². The second kappa shape index (κ2) is 2.64. The number of rotatable bonds is 2. The summed E-state index contributed by atoms with van der Waals surface area (Å²) in [4.78, 5) is 0. The Hall–Kier alpha value is 0.177. The number of hydrogen-bond donors (Lipinski definition) is 1. The van der Waals surface area contributed by atoms with Gasteiger partial charge in [-0.15, -0.1) is 0 Å². The molecule has 0 aliphatic rings. The maximum atomic E-state index is 5.75. The Balaban J connectivity index is 3.62. The molecule has 0 fully saturated rings. The monoisotopic (exact) mass is 130 g/mol. The van der Waals surface area contributed by atoms with Crippen molar-refractivity contribution >= 4 is 8.07 Å². The van der Waals surface area contributed by atoms with Crippen LogP contribution in [0.5, 0.6) is 0 Å². The van der Waals surface area contributed by atoms with Crippen LogP contribution in [-0.4, -0.2) is 13.7 Å². The van der Waals surface area contributed by atoms with Crippen molar-refractivity contribution in [1.82, 2.24) is 0 Å². The molecule has 0 heterocycles. The summed E-state index contributed by atoms with van der Waals surface area (Å²) in [6.07, 6.45) is 0.885. The minimum Gasteiger partial charge on any atom is -0.330 e. The molecule has 0 amide bonds. The fraction of sp³-hybridized carbons (Fsp3) is 0.833. The lowest BCUT2D eigenvalue weighted by Crippen LogP contribution is -2.44. The lowest BCUT2D eigenvalue weighted by molar-refractivity contribution is 0.874. The number of hydrogen-bond acceptors (Lipinski definition) is 1. The minimum atomic E-state index is -1.05. The second-order valence-electron chi connectivity index (χ2n) is 3.26. The van der Waals surface area contributed by atoms with E-state index in [0.29, 0.717) is 5.67 Å². The molecule has 0 aliphatic heterocycles. The molecule has 0 bridgehead atoms. The standard InChI is InChI=1S/C6H16NSi/c1-5-6(7)8(2,3)4/h6H,1,5,7H2,2-4H3. The van der Waals surface area contributed by atoms with Crippen LogP contribution in [-0.2, 0) is 0 Å². The van der Waals surface area contributed by atoms with E-state index in [1.54, 1.807) is 0 Å². The lowest BCUT2D eigenvalue weighted by Gasteiger charge is -2.22. The summed E-state index contributed by atoms with van der Waals surface area (Å²) >= 11 is 0. The van der Waals surface area contributed by atoms with Crippen LogP contribution in [0, 0.1) is 6.92 Å². The summed E-state index contributed by atoms with van der Waals surface area (Å²) in [5, 5.41) is 0. The van der Waals surface area contributed by atoms with Gasteiger partial charge < -0.3 is 5.73 Å². The van der Waals surface area contributed by atoms with Crippen molar-refractivity contribution in [2.75, 3.05) is 0 Å². The predicted molar refractivity (Wildman–Crippen MR) is 41.3 cm³/mol. The highest BCUT2D eigenvalue weighted by Gasteiger charge is 2.20. The Morgan fingerprint density at radius 2 is 1.88 bits per heavy atom. The Kier molecular flexibility index (Phi) is 2.70. The predicted octanol–water partition coefficient (Wildman–Crippen LogP) is 1.42. The van der Waals surface area contributed by atoms with Gasteiger partial charge in [0.1, 0.15) is 0 Å². The smallest absolute Gasteiger partial charge is 0.0632 e. The average molecular weight is 130 g/mol. The molecule has 8 heavy (non-hydrogen) atoms.